The second-order valence-electron chi connectivity index (χ2n) is 6.69. The molecule has 2 N–H and O–H groups in total. The van der Waals surface area contributed by atoms with Gasteiger partial charge in [0.05, 0.1) is 13.7 Å². The lowest BCUT2D eigenvalue weighted by Gasteiger charge is -2.13. The number of halogens is 1. The van der Waals surface area contributed by atoms with Crippen LogP contribution in [0.1, 0.15) is 36.2 Å². The van der Waals surface area contributed by atoms with Crippen molar-refractivity contribution in [1.29, 1.82) is 0 Å². The Balaban J connectivity index is 1.92. The first-order chi connectivity index (χ1) is 13.9. The number of nitrogens with one attached hydrogen (secondary N) is 2. The van der Waals surface area contributed by atoms with Gasteiger partial charge in [-0.1, -0.05) is 32.0 Å². The summed E-state index contributed by atoms with van der Waals surface area (Å²) < 4.78 is 24.5. The number of ether oxygens (including phenoxy) is 2. The molecular formula is C22H25FN2O4. The molecule has 154 valence electrons. The van der Waals surface area contributed by atoms with Crippen molar-refractivity contribution in [1.82, 2.24) is 10.9 Å². The molecule has 0 fully saturated rings. The summed E-state index contributed by atoms with van der Waals surface area (Å²) in [7, 11) is 1.49. The molecule has 2 rings (SSSR count). The average molecular weight is 400 g/mol. The molecule has 0 aliphatic carbocycles. The Morgan fingerprint density at radius 1 is 1.10 bits per heavy atom. The minimum atomic E-state index is -0.595. The number of carbonyl (C=O) groups is 2. The van der Waals surface area contributed by atoms with E-state index in [0.29, 0.717) is 24.0 Å². The summed E-state index contributed by atoms with van der Waals surface area (Å²) in [6.45, 7) is 4.76. The molecule has 0 atom stereocenters. The van der Waals surface area contributed by atoms with Crippen LogP contribution < -0.4 is 20.3 Å². The highest BCUT2D eigenvalue weighted by molar-refractivity contribution is 5.98. The molecule has 2 amide bonds. The topological polar surface area (TPSA) is 76.7 Å². The maximum absolute atomic E-state index is 13.5. The van der Waals surface area contributed by atoms with E-state index < -0.39 is 17.6 Å². The van der Waals surface area contributed by atoms with Crippen LogP contribution in [0.5, 0.6) is 11.5 Å². The molecule has 0 spiro atoms. The van der Waals surface area contributed by atoms with E-state index in [2.05, 4.69) is 24.7 Å². The summed E-state index contributed by atoms with van der Waals surface area (Å²) in [6, 6.07) is 10.8. The molecule has 6 nitrogen and oxygen atoms in total. The number of methoxy groups -OCH3 is 1. The van der Waals surface area contributed by atoms with Crippen molar-refractivity contribution in [2.45, 2.75) is 20.3 Å². The minimum Gasteiger partial charge on any atom is -0.493 e. The van der Waals surface area contributed by atoms with E-state index in [0.717, 1.165) is 12.5 Å². The highest BCUT2D eigenvalue weighted by atomic mass is 19.1. The minimum absolute atomic E-state index is 0.270. The van der Waals surface area contributed by atoms with Gasteiger partial charge in [0.1, 0.15) is 5.82 Å². The lowest BCUT2D eigenvalue weighted by atomic mass is 10.1. The van der Waals surface area contributed by atoms with Crippen LogP contribution >= 0.6 is 0 Å². The Labute approximate surface area is 169 Å². The van der Waals surface area contributed by atoms with Crippen LogP contribution in [-0.2, 0) is 4.79 Å². The maximum Gasteiger partial charge on any atom is 0.269 e. The first-order valence-corrected chi connectivity index (χ1v) is 9.24. The molecular weight excluding hydrogens is 375 g/mol. The number of hydrogen-bond donors (Lipinski definition) is 2. The molecule has 7 heteroatoms. The van der Waals surface area contributed by atoms with E-state index in [1.165, 1.54) is 31.4 Å². The van der Waals surface area contributed by atoms with Gasteiger partial charge in [0, 0.05) is 17.2 Å². The number of rotatable bonds is 8. The van der Waals surface area contributed by atoms with Crippen molar-refractivity contribution in [3.05, 3.63) is 65.5 Å². The maximum atomic E-state index is 13.5. The highest BCUT2D eigenvalue weighted by Gasteiger charge is 2.12. The molecule has 0 radical (unpaired) electrons. The Morgan fingerprint density at radius 3 is 2.55 bits per heavy atom. The normalized spacial score (nSPS) is 10.8. The average Bonchev–Trinajstić information content (AvgIpc) is 2.71. The van der Waals surface area contributed by atoms with Crippen LogP contribution in [0.15, 0.2) is 48.5 Å². The van der Waals surface area contributed by atoms with E-state index in [1.807, 2.05) is 0 Å². The number of hydrogen-bond acceptors (Lipinski definition) is 4. The Kier molecular flexibility index (Phi) is 8.21. The third kappa shape index (κ3) is 6.95. The Morgan fingerprint density at radius 2 is 1.86 bits per heavy atom. The van der Waals surface area contributed by atoms with Crippen LogP contribution in [0.25, 0.3) is 6.08 Å². The van der Waals surface area contributed by atoms with E-state index in [4.69, 9.17) is 9.47 Å². The summed E-state index contributed by atoms with van der Waals surface area (Å²) in [6.07, 6.45) is 3.35. The number of hydrazine groups is 1. The molecule has 29 heavy (non-hydrogen) atoms. The van der Waals surface area contributed by atoms with Crippen LogP contribution in [0.3, 0.4) is 0 Å². The van der Waals surface area contributed by atoms with Crippen molar-refractivity contribution < 1.29 is 23.5 Å². The number of benzene rings is 2. The lowest BCUT2D eigenvalue weighted by molar-refractivity contribution is -0.117. The Bertz CT molecular complexity index is 881. The molecule has 0 saturated carbocycles. The van der Waals surface area contributed by atoms with Crippen LogP contribution in [0.2, 0.25) is 0 Å². The predicted molar refractivity (Wildman–Crippen MR) is 109 cm³/mol. The molecule has 0 aliphatic rings. The van der Waals surface area contributed by atoms with Gasteiger partial charge in [-0.05, 0) is 42.7 Å². The number of amides is 2. The first kappa shape index (κ1) is 21.9. The van der Waals surface area contributed by atoms with Crippen LogP contribution in [0, 0.1) is 11.7 Å². The van der Waals surface area contributed by atoms with Gasteiger partial charge in [0.2, 0.25) is 0 Å². The fraction of sp³-hybridized carbons (Fsp3) is 0.273. The monoisotopic (exact) mass is 400 g/mol. The molecule has 0 unspecified atom stereocenters. The van der Waals surface area contributed by atoms with Gasteiger partial charge in [-0.15, -0.1) is 0 Å². The van der Waals surface area contributed by atoms with Gasteiger partial charge < -0.3 is 9.47 Å². The fourth-order valence-corrected chi connectivity index (χ4v) is 2.34. The van der Waals surface area contributed by atoms with Crippen molar-refractivity contribution in [3.8, 4) is 11.5 Å². The zero-order chi connectivity index (χ0) is 21.2. The van der Waals surface area contributed by atoms with E-state index in [9.17, 15) is 14.0 Å². The largest absolute Gasteiger partial charge is 0.493 e. The third-order valence-corrected chi connectivity index (χ3v) is 4.00. The van der Waals surface area contributed by atoms with Crippen LogP contribution in [-0.4, -0.2) is 25.5 Å². The lowest BCUT2D eigenvalue weighted by Crippen LogP contribution is -2.40. The quantitative estimate of drug-likeness (QED) is 0.523. The molecule has 0 bridgehead atoms. The van der Waals surface area contributed by atoms with E-state index in [-0.39, 0.29) is 11.1 Å². The SMILES string of the molecule is COc1cc(C(=O)NNC(=O)/C=C/c2ccccc2F)ccc1OCCC(C)C. The van der Waals surface area contributed by atoms with Crippen LogP contribution in [0.4, 0.5) is 4.39 Å². The smallest absolute Gasteiger partial charge is 0.269 e. The fourth-order valence-electron chi connectivity index (χ4n) is 2.34. The molecule has 0 heterocycles. The van der Waals surface area contributed by atoms with Crippen molar-refractivity contribution in [2.24, 2.45) is 5.92 Å². The molecule has 0 saturated heterocycles. The van der Waals surface area contributed by atoms with Crippen molar-refractivity contribution in [2.75, 3.05) is 13.7 Å². The van der Waals surface area contributed by atoms with Gasteiger partial charge in [-0.25, -0.2) is 4.39 Å². The summed E-state index contributed by atoms with van der Waals surface area (Å²) >= 11 is 0. The van der Waals surface area contributed by atoms with Gasteiger partial charge in [-0.2, -0.15) is 0 Å². The Hall–Kier alpha value is -3.35. The first-order valence-electron chi connectivity index (χ1n) is 9.24. The molecule has 2 aromatic carbocycles. The molecule has 0 aliphatic heterocycles. The zero-order valence-corrected chi connectivity index (χ0v) is 16.7. The van der Waals surface area contributed by atoms with Gasteiger partial charge in [-0.3, -0.25) is 20.4 Å². The summed E-state index contributed by atoms with van der Waals surface area (Å²) in [5.74, 6) is -0.0777. The standard InChI is InChI=1S/C22H25FN2O4/c1-15(2)12-13-29-19-10-8-17(14-20(19)28-3)22(27)25-24-21(26)11-9-16-6-4-5-7-18(16)23/h4-11,14-15H,12-13H2,1-3H3,(H,24,26)(H,25,27)/b11-9+. The van der Waals surface area contributed by atoms with Crippen molar-refractivity contribution in [3.63, 3.8) is 0 Å². The van der Waals surface area contributed by atoms with Gasteiger partial charge >= 0.3 is 0 Å². The van der Waals surface area contributed by atoms with E-state index in [1.54, 1.807) is 24.3 Å². The molecule has 0 aromatic heterocycles. The second-order valence-corrected chi connectivity index (χ2v) is 6.69. The van der Waals surface area contributed by atoms with E-state index >= 15 is 0 Å². The zero-order valence-electron chi connectivity index (χ0n) is 16.7. The predicted octanol–water partition coefficient (Wildman–Crippen LogP) is 3.73. The van der Waals surface area contributed by atoms with Gasteiger partial charge in [0.25, 0.3) is 11.8 Å². The number of carbonyl (C=O) groups excluding carboxylic acids is 2. The summed E-state index contributed by atoms with van der Waals surface area (Å²) in [5, 5.41) is 0. The third-order valence-electron chi connectivity index (χ3n) is 4.00. The summed E-state index contributed by atoms with van der Waals surface area (Å²) in [4.78, 5) is 24.1. The highest BCUT2D eigenvalue weighted by Crippen LogP contribution is 2.28. The molecule has 2 aromatic rings. The van der Waals surface area contributed by atoms with Crippen molar-refractivity contribution >= 4 is 17.9 Å². The van der Waals surface area contributed by atoms with Gasteiger partial charge in [0.15, 0.2) is 11.5 Å². The summed E-state index contributed by atoms with van der Waals surface area (Å²) in [5.41, 5.74) is 5.11. The second kappa shape index (κ2) is 10.8.